The first-order valence-corrected chi connectivity index (χ1v) is 13.1. The molecule has 0 amide bonds. The summed E-state index contributed by atoms with van der Waals surface area (Å²) >= 11 is 1.13. The van der Waals surface area contributed by atoms with Crippen LogP contribution in [0.3, 0.4) is 0 Å². The Labute approximate surface area is 193 Å². The van der Waals surface area contributed by atoms with Crippen LogP contribution in [0.25, 0.3) is 10.2 Å². The zero-order valence-electron chi connectivity index (χ0n) is 17.4. The first-order chi connectivity index (χ1) is 15.4. The van der Waals surface area contributed by atoms with Gasteiger partial charge in [-0.15, -0.1) is 10.2 Å². The molecule has 1 heterocycles. The number of methoxy groups -OCH3 is 1. The van der Waals surface area contributed by atoms with Crippen molar-refractivity contribution in [3.8, 4) is 11.5 Å². The molecular formula is C18H20N4O8S3. The molecule has 0 aliphatic heterocycles. The number of benzene rings is 2. The van der Waals surface area contributed by atoms with Crippen molar-refractivity contribution in [1.29, 1.82) is 0 Å². The lowest BCUT2D eigenvalue weighted by molar-refractivity contribution is 0.318. The van der Waals surface area contributed by atoms with Crippen molar-refractivity contribution in [1.82, 2.24) is 4.98 Å². The highest BCUT2D eigenvalue weighted by atomic mass is 32.2. The number of aromatic nitrogens is 1. The van der Waals surface area contributed by atoms with E-state index < -0.39 is 30.9 Å². The van der Waals surface area contributed by atoms with Gasteiger partial charge in [-0.25, -0.2) is 4.98 Å². The van der Waals surface area contributed by atoms with E-state index in [9.17, 15) is 21.4 Å². The van der Waals surface area contributed by atoms with E-state index in [2.05, 4.69) is 15.2 Å². The number of rotatable bonds is 9. The summed E-state index contributed by atoms with van der Waals surface area (Å²) in [5.41, 5.74) is 7.66. The molecule has 0 saturated heterocycles. The molecule has 12 nitrogen and oxygen atoms in total. The minimum Gasteiger partial charge on any atom is -0.495 e. The number of nitrogens with zero attached hydrogens (tertiary/aromatic N) is 3. The number of anilines is 1. The molecule has 0 atom stereocenters. The fourth-order valence-corrected chi connectivity index (χ4v) is 4.72. The molecule has 178 valence electrons. The number of fused-ring (bicyclic) bond motifs is 1. The average Bonchev–Trinajstić information content (AvgIpc) is 3.11. The number of aryl methyl sites for hydroxylation is 1. The summed E-state index contributed by atoms with van der Waals surface area (Å²) in [4.78, 5) is 3.82. The van der Waals surface area contributed by atoms with Gasteiger partial charge in [0.1, 0.15) is 16.4 Å². The highest BCUT2D eigenvalue weighted by molar-refractivity contribution is 7.86. The maximum absolute atomic E-state index is 11.6. The van der Waals surface area contributed by atoms with Crippen molar-refractivity contribution >= 4 is 58.3 Å². The van der Waals surface area contributed by atoms with Gasteiger partial charge in [-0.1, -0.05) is 11.3 Å². The van der Waals surface area contributed by atoms with Gasteiger partial charge >= 0.3 is 0 Å². The summed E-state index contributed by atoms with van der Waals surface area (Å²) in [6.07, 6.45) is 0.0731. The van der Waals surface area contributed by atoms with Gasteiger partial charge in [0.05, 0.1) is 41.1 Å². The SMILES string of the molecule is COc1cc2sc(N=Nc3cc(OCCCS(=O)(=O)O)c(N)cc3C)nc2cc1S(=O)(=O)O. The molecule has 0 spiro atoms. The largest absolute Gasteiger partial charge is 0.495 e. The van der Waals surface area contributed by atoms with Crippen molar-refractivity contribution in [2.75, 3.05) is 25.2 Å². The van der Waals surface area contributed by atoms with E-state index >= 15 is 0 Å². The van der Waals surface area contributed by atoms with Gasteiger partial charge < -0.3 is 15.2 Å². The Hall–Kier alpha value is -2.85. The molecule has 0 radical (unpaired) electrons. The third-order valence-corrected chi connectivity index (χ3v) is 6.90. The third-order valence-electron chi connectivity index (χ3n) is 4.32. The van der Waals surface area contributed by atoms with Gasteiger partial charge in [0.15, 0.2) is 0 Å². The standard InChI is InChI=1S/C18H20N4O8S3/c1-10-6-11(19)14(30-4-3-5-32(23,24)25)7-12(10)21-22-18-20-13-8-17(33(26,27)28)15(29-2)9-16(13)31-18/h6-9H,3-5,19H2,1-2H3,(H,23,24,25)(H,26,27,28). The van der Waals surface area contributed by atoms with Crippen LogP contribution in [0.5, 0.6) is 11.5 Å². The summed E-state index contributed by atoms with van der Waals surface area (Å²) in [6, 6.07) is 5.77. The Morgan fingerprint density at radius 2 is 1.82 bits per heavy atom. The van der Waals surface area contributed by atoms with Crippen LogP contribution in [-0.2, 0) is 20.2 Å². The Bertz CT molecular complexity index is 1430. The second-order valence-electron chi connectivity index (χ2n) is 6.81. The molecule has 15 heteroatoms. The maximum atomic E-state index is 11.6. The smallest absolute Gasteiger partial charge is 0.298 e. The van der Waals surface area contributed by atoms with E-state index in [1.807, 2.05) is 0 Å². The second kappa shape index (κ2) is 9.56. The molecule has 33 heavy (non-hydrogen) atoms. The van der Waals surface area contributed by atoms with Crippen molar-refractivity contribution < 1.29 is 35.4 Å². The lowest BCUT2D eigenvalue weighted by Gasteiger charge is -2.10. The molecule has 3 rings (SSSR count). The molecule has 0 unspecified atom stereocenters. The van der Waals surface area contributed by atoms with Crippen LogP contribution in [0.2, 0.25) is 0 Å². The number of hydrogen-bond acceptors (Lipinski definition) is 11. The first-order valence-electron chi connectivity index (χ1n) is 9.23. The predicted octanol–water partition coefficient (Wildman–Crippen LogP) is 3.51. The fraction of sp³-hybridized carbons (Fsp3) is 0.278. The number of nitrogens with two attached hydrogens (primary N) is 1. The van der Waals surface area contributed by atoms with Crippen molar-refractivity contribution in [2.24, 2.45) is 10.2 Å². The Morgan fingerprint density at radius 3 is 2.45 bits per heavy atom. The topological polar surface area (TPSA) is 191 Å². The van der Waals surface area contributed by atoms with Gasteiger partial charge in [-0.2, -0.15) is 16.8 Å². The Kier molecular flexibility index (Phi) is 7.18. The first kappa shape index (κ1) is 24.8. The van der Waals surface area contributed by atoms with Gasteiger partial charge in [0.2, 0.25) is 5.13 Å². The van der Waals surface area contributed by atoms with Crippen LogP contribution in [-0.4, -0.2) is 50.4 Å². The predicted molar refractivity (Wildman–Crippen MR) is 122 cm³/mol. The number of thiazole rings is 1. The number of nitrogen functional groups attached to an aromatic ring is 1. The van der Waals surface area contributed by atoms with E-state index in [-0.39, 0.29) is 29.7 Å². The third kappa shape index (κ3) is 6.35. The molecule has 0 saturated carbocycles. The minimum atomic E-state index is -4.50. The normalized spacial score (nSPS) is 12.5. The molecule has 0 fully saturated rings. The fourth-order valence-electron chi connectivity index (χ4n) is 2.78. The lowest BCUT2D eigenvalue weighted by atomic mass is 10.1. The summed E-state index contributed by atoms with van der Waals surface area (Å²) < 4.78 is 73.9. The quantitative estimate of drug-likeness (QED) is 0.164. The van der Waals surface area contributed by atoms with Crippen LogP contribution < -0.4 is 15.2 Å². The van der Waals surface area contributed by atoms with Crippen molar-refractivity contribution in [2.45, 2.75) is 18.2 Å². The summed E-state index contributed by atoms with van der Waals surface area (Å²) in [7, 11) is -7.30. The molecule has 4 N–H and O–H groups in total. The molecule has 0 bridgehead atoms. The van der Waals surface area contributed by atoms with Gasteiger partial charge in [-0.3, -0.25) is 9.11 Å². The monoisotopic (exact) mass is 516 g/mol. The van der Waals surface area contributed by atoms with Gasteiger partial charge in [-0.05, 0) is 31.0 Å². The molecule has 2 aromatic carbocycles. The summed E-state index contributed by atoms with van der Waals surface area (Å²) in [5.74, 6) is -0.188. The molecule has 0 aliphatic carbocycles. The van der Waals surface area contributed by atoms with Gasteiger partial charge in [0.25, 0.3) is 20.2 Å². The maximum Gasteiger partial charge on any atom is 0.298 e. The molecular weight excluding hydrogens is 496 g/mol. The minimum absolute atomic E-state index is 0.0133. The van der Waals surface area contributed by atoms with E-state index in [4.69, 9.17) is 19.8 Å². The summed E-state index contributed by atoms with van der Waals surface area (Å²) in [5, 5.41) is 8.48. The Balaban J connectivity index is 1.85. The number of hydrogen-bond donors (Lipinski definition) is 3. The lowest BCUT2D eigenvalue weighted by Crippen LogP contribution is -2.09. The van der Waals surface area contributed by atoms with Gasteiger partial charge in [0, 0.05) is 12.1 Å². The van der Waals surface area contributed by atoms with E-state index in [0.717, 1.165) is 11.3 Å². The van der Waals surface area contributed by atoms with Crippen molar-refractivity contribution in [3.63, 3.8) is 0 Å². The summed E-state index contributed by atoms with van der Waals surface area (Å²) in [6.45, 7) is 1.77. The highest BCUT2D eigenvalue weighted by Crippen LogP contribution is 2.37. The van der Waals surface area contributed by atoms with Crippen LogP contribution in [0.4, 0.5) is 16.5 Å². The number of azo groups is 1. The zero-order valence-corrected chi connectivity index (χ0v) is 19.9. The van der Waals surface area contributed by atoms with E-state index in [1.165, 1.54) is 25.3 Å². The number of ether oxygens (including phenoxy) is 2. The van der Waals surface area contributed by atoms with Crippen LogP contribution in [0.1, 0.15) is 12.0 Å². The van der Waals surface area contributed by atoms with Crippen LogP contribution in [0.15, 0.2) is 39.4 Å². The van der Waals surface area contributed by atoms with Crippen LogP contribution in [0, 0.1) is 6.92 Å². The molecule has 3 aromatic rings. The van der Waals surface area contributed by atoms with E-state index in [0.29, 0.717) is 27.2 Å². The second-order valence-corrected chi connectivity index (χ2v) is 10.8. The average molecular weight is 517 g/mol. The van der Waals surface area contributed by atoms with Crippen molar-refractivity contribution in [3.05, 3.63) is 29.8 Å². The Morgan fingerprint density at radius 1 is 1.09 bits per heavy atom. The highest BCUT2D eigenvalue weighted by Gasteiger charge is 2.19. The van der Waals surface area contributed by atoms with E-state index in [1.54, 1.807) is 13.0 Å². The molecule has 0 aliphatic rings. The zero-order chi connectivity index (χ0) is 24.4. The molecule has 1 aromatic heterocycles. The van der Waals surface area contributed by atoms with Crippen LogP contribution >= 0.6 is 11.3 Å².